The Labute approximate surface area is 105 Å². The van der Waals surface area contributed by atoms with E-state index < -0.39 is 10.0 Å². The van der Waals surface area contributed by atoms with E-state index in [0.717, 1.165) is 25.7 Å². The molecule has 0 aliphatic heterocycles. The van der Waals surface area contributed by atoms with E-state index in [0.29, 0.717) is 19.0 Å². The smallest absolute Gasteiger partial charge is 0.217 e. The van der Waals surface area contributed by atoms with Crippen LogP contribution in [0.5, 0.6) is 0 Å². The fraction of sp³-hybridized carbons (Fsp3) is 0.833. The van der Waals surface area contributed by atoms with Gasteiger partial charge in [0.05, 0.1) is 5.75 Å². The van der Waals surface area contributed by atoms with Gasteiger partial charge in [0.25, 0.3) is 0 Å². The summed E-state index contributed by atoms with van der Waals surface area (Å²) in [6, 6.07) is 0.0868. The number of sulfonamides is 1. The first kappa shape index (κ1) is 14.7. The predicted octanol–water partition coefficient (Wildman–Crippen LogP) is 1.34. The van der Waals surface area contributed by atoms with Gasteiger partial charge in [-0.1, -0.05) is 25.8 Å². The third kappa shape index (κ3) is 3.53. The molecule has 2 unspecified atom stereocenters. The summed E-state index contributed by atoms with van der Waals surface area (Å²) in [5.41, 5.74) is 5.76. The minimum absolute atomic E-state index is 0.0225. The number of hydrogen-bond donors (Lipinski definition) is 1. The van der Waals surface area contributed by atoms with Crippen LogP contribution in [0.15, 0.2) is 12.7 Å². The fourth-order valence-electron chi connectivity index (χ4n) is 2.72. The van der Waals surface area contributed by atoms with Crippen molar-refractivity contribution in [2.75, 3.05) is 18.8 Å². The summed E-state index contributed by atoms with van der Waals surface area (Å²) < 4.78 is 25.9. The molecule has 0 saturated heterocycles. The standard InChI is InChI=1S/C12H24N2O2S/c1-3-9-17(15,16)14(4-2)12-8-6-5-7-11(12)10-13/h3,11-12H,1,4-10,13H2,2H3. The second-order valence-electron chi connectivity index (χ2n) is 4.62. The molecule has 2 atom stereocenters. The summed E-state index contributed by atoms with van der Waals surface area (Å²) in [6.07, 6.45) is 5.70. The van der Waals surface area contributed by atoms with E-state index in [2.05, 4.69) is 6.58 Å². The van der Waals surface area contributed by atoms with Crippen molar-refractivity contribution in [3.63, 3.8) is 0 Å². The molecule has 0 amide bonds. The second kappa shape index (κ2) is 6.52. The molecule has 0 heterocycles. The lowest BCUT2D eigenvalue weighted by atomic mass is 9.84. The van der Waals surface area contributed by atoms with E-state index in [-0.39, 0.29) is 11.8 Å². The van der Waals surface area contributed by atoms with E-state index in [1.165, 1.54) is 6.08 Å². The highest BCUT2D eigenvalue weighted by Gasteiger charge is 2.34. The van der Waals surface area contributed by atoms with Crippen LogP contribution in [0.1, 0.15) is 32.6 Å². The Balaban J connectivity index is 2.88. The Morgan fingerprint density at radius 2 is 2.06 bits per heavy atom. The summed E-state index contributed by atoms with van der Waals surface area (Å²) in [6.45, 7) is 6.51. The van der Waals surface area contributed by atoms with Gasteiger partial charge in [-0.3, -0.25) is 0 Å². The molecule has 0 bridgehead atoms. The highest BCUT2D eigenvalue weighted by Crippen LogP contribution is 2.29. The van der Waals surface area contributed by atoms with Gasteiger partial charge >= 0.3 is 0 Å². The van der Waals surface area contributed by atoms with Gasteiger partial charge in [-0.15, -0.1) is 6.58 Å². The average molecular weight is 260 g/mol. The van der Waals surface area contributed by atoms with Crippen LogP contribution in [0.3, 0.4) is 0 Å². The first-order valence-corrected chi connectivity index (χ1v) is 7.98. The van der Waals surface area contributed by atoms with Gasteiger partial charge in [-0.25, -0.2) is 8.42 Å². The third-order valence-electron chi connectivity index (χ3n) is 3.54. The van der Waals surface area contributed by atoms with Gasteiger partial charge in [0.15, 0.2) is 0 Å². The van der Waals surface area contributed by atoms with E-state index in [9.17, 15) is 8.42 Å². The quantitative estimate of drug-likeness (QED) is 0.733. The van der Waals surface area contributed by atoms with Crippen LogP contribution < -0.4 is 5.73 Å². The molecule has 1 aliphatic rings. The monoisotopic (exact) mass is 260 g/mol. The average Bonchev–Trinajstić information content (AvgIpc) is 2.30. The largest absolute Gasteiger partial charge is 0.330 e. The Kier molecular flexibility index (Phi) is 5.62. The summed E-state index contributed by atoms with van der Waals surface area (Å²) in [4.78, 5) is 0. The lowest BCUT2D eigenvalue weighted by Crippen LogP contribution is -2.48. The molecule has 0 radical (unpaired) electrons. The highest BCUT2D eigenvalue weighted by atomic mass is 32.2. The molecule has 1 rings (SSSR count). The molecule has 0 spiro atoms. The Morgan fingerprint density at radius 1 is 1.41 bits per heavy atom. The third-order valence-corrected chi connectivity index (χ3v) is 5.44. The van der Waals surface area contributed by atoms with Crippen molar-refractivity contribution in [3.05, 3.63) is 12.7 Å². The first-order valence-electron chi connectivity index (χ1n) is 6.37. The van der Waals surface area contributed by atoms with Crippen LogP contribution in [0, 0.1) is 5.92 Å². The number of hydrogen-bond acceptors (Lipinski definition) is 3. The number of nitrogens with two attached hydrogens (primary N) is 1. The molecule has 100 valence electrons. The lowest BCUT2D eigenvalue weighted by Gasteiger charge is -2.38. The SMILES string of the molecule is C=CCS(=O)(=O)N(CC)C1CCCCC1CN. The number of nitrogens with zero attached hydrogens (tertiary/aromatic N) is 1. The van der Waals surface area contributed by atoms with Crippen molar-refractivity contribution in [3.8, 4) is 0 Å². The van der Waals surface area contributed by atoms with Gasteiger partial charge in [-0.05, 0) is 25.3 Å². The Bertz CT molecular complexity index is 340. The maximum absolute atomic E-state index is 12.1. The zero-order chi connectivity index (χ0) is 12.9. The van der Waals surface area contributed by atoms with E-state index >= 15 is 0 Å². The molecule has 17 heavy (non-hydrogen) atoms. The van der Waals surface area contributed by atoms with Crippen LogP contribution in [-0.4, -0.2) is 37.6 Å². The highest BCUT2D eigenvalue weighted by molar-refractivity contribution is 7.89. The van der Waals surface area contributed by atoms with Crippen LogP contribution in [0.2, 0.25) is 0 Å². The van der Waals surface area contributed by atoms with Crippen LogP contribution in [0.4, 0.5) is 0 Å². The zero-order valence-corrected chi connectivity index (χ0v) is 11.5. The predicted molar refractivity (Wildman–Crippen MR) is 71.2 cm³/mol. The molecule has 4 nitrogen and oxygen atoms in total. The molecule has 0 aromatic carbocycles. The van der Waals surface area contributed by atoms with Crippen LogP contribution >= 0.6 is 0 Å². The maximum Gasteiger partial charge on any atom is 0.217 e. The normalized spacial score (nSPS) is 26.1. The summed E-state index contributed by atoms with van der Waals surface area (Å²) in [7, 11) is -3.21. The molecule has 0 aromatic rings. The van der Waals surface area contributed by atoms with Gasteiger partial charge < -0.3 is 5.73 Å². The zero-order valence-electron chi connectivity index (χ0n) is 10.6. The van der Waals surface area contributed by atoms with Crippen LogP contribution in [0.25, 0.3) is 0 Å². The van der Waals surface area contributed by atoms with Crippen molar-refractivity contribution < 1.29 is 8.42 Å². The van der Waals surface area contributed by atoms with E-state index in [1.54, 1.807) is 4.31 Å². The molecule has 1 fully saturated rings. The molecular weight excluding hydrogens is 236 g/mol. The van der Waals surface area contributed by atoms with E-state index in [4.69, 9.17) is 5.73 Å². The van der Waals surface area contributed by atoms with Crippen molar-refractivity contribution >= 4 is 10.0 Å². The number of rotatable bonds is 6. The molecule has 2 N–H and O–H groups in total. The van der Waals surface area contributed by atoms with Crippen LogP contribution in [-0.2, 0) is 10.0 Å². The lowest BCUT2D eigenvalue weighted by molar-refractivity contribution is 0.188. The molecule has 1 saturated carbocycles. The minimum Gasteiger partial charge on any atom is -0.330 e. The van der Waals surface area contributed by atoms with Crippen molar-refractivity contribution in [1.29, 1.82) is 0 Å². The van der Waals surface area contributed by atoms with Gasteiger partial charge in [-0.2, -0.15) is 4.31 Å². The second-order valence-corrected chi connectivity index (χ2v) is 6.58. The van der Waals surface area contributed by atoms with Crippen molar-refractivity contribution in [2.24, 2.45) is 11.7 Å². The molecule has 5 heteroatoms. The minimum atomic E-state index is -3.21. The summed E-state index contributed by atoms with van der Waals surface area (Å²) in [5, 5.41) is 0. The fourth-order valence-corrected chi connectivity index (χ4v) is 4.30. The van der Waals surface area contributed by atoms with Gasteiger partial charge in [0, 0.05) is 12.6 Å². The topological polar surface area (TPSA) is 63.4 Å². The van der Waals surface area contributed by atoms with Gasteiger partial charge in [0.1, 0.15) is 0 Å². The molecule has 0 aromatic heterocycles. The maximum atomic E-state index is 12.1. The summed E-state index contributed by atoms with van der Waals surface area (Å²) in [5.74, 6) is 0.331. The molecular formula is C12H24N2O2S. The first-order chi connectivity index (χ1) is 8.06. The Morgan fingerprint density at radius 3 is 2.59 bits per heavy atom. The molecule has 1 aliphatic carbocycles. The van der Waals surface area contributed by atoms with Crippen molar-refractivity contribution in [1.82, 2.24) is 4.31 Å². The van der Waals surface area contributed by atoms with Crippen molar-refractivity contribution in [2.45, 2.75) is 38.6 Å². The Hall–Kier alpha value is -0.390. The van der Waals surface area contributed by atoms with Gasteiger partial charge in [0.2, 0.25) is 10.0 Å². The summed E-state index contributed by atoms with van der Waals surface area (Å²) >= 11 is 0. The van der Waals surface area contributed by atoms with E-state index in [1.807, 2.05) is 6.92 Å².